The molecule has 3 fully saturated rings. The third kappa shape index (κ3) is 3.66. The van der Waals surface area contributed by atoms with Gasteiger partial charge in [0.2, 0.25) is 0 Å². The van der Waals surface area contributed by atoms with Crippen molar-refractivity contribution in [1.29, 1.82) is 5.26 Å². The standard InChI is InChI=1S/C32H40N4O3/c1-19-21-7-9-30(4)22-8-10-32(35-28(39)36-14-6-13-34-36)12-11-29(2,3)17-23(32)26(22)24(37)15-25(30)31(21,5)16-20(18-33)27(19)38/h6,13-16,19,21-23,26H,7-12,17H2,1-5H3,(H,35,39). The van der Waals surface area contributed by atoms with Crippen molar-refractivity contribution in [2.75, 3.05) is 0 Å². The van der Waals surface area contributed by atoms with E-state index in [0.29, 0.717) is 0 Å². The lowest BCUT2D eigenvalue weighted by Crippen LogP contribution is -2.66. The van der Waals surface area contributed by atoms with Gasteiger partial charge in [-0.2, -0.15) is 15.0 Å². The Balaban J connectivity index is 1.43. The Hall–Kier alpha value is -3.01. The molecule has 8 atom stereocenters. The highest BCUT2D eigenvalue weighted by Gasteiger charge is 2.64. The smallest absolute Gasteiger partial charge is 0.330 e. The van der Waals surface area contributed by atoms with E-state index in [0.717, 1.165) is 50.5 Å². The molecule has 206 valence electrons. The van der Waals surface area contributed by atoms with Crippen LogP contribution in [0, 0.1) is 57.2 Å². The van der Waals surface area contributed by atoms with Crippen molar-refractivity contribution < 1.29 is 14.4 Å². The van der Waals surface area contributed by atoms with E-state index in [1.807, 2.05) is 19.1 Å². The number of fused-ring (bicyclic) bond motifs is 7. The molecule has 1 aromatic heterocycles. The van der Waals surface area contributed by atoms with E-state index in [-0.39, 0.29) is 63.6 Å². The van der Waals surface area contributed by atoms with Crippen LogP contribution in [0.2, 0.25) is 0 Å². The van der Waals surface area contributed by atoms with Gasteiger partial charge in [0.25, 0.3) is 0 Å². The summed E-state index contributed by atoms with van der Waals surface area (Å²) >= 11 is 0. The number of hydrogen-bond acceptors (Lipinski definition) is 5. The number of nitriles is 1. The Bertz CT molecular complexity index is 1350. The zero-order valence-electron chi connectivity index (χ0n) is 23.8. The van der Waals surface area contributed by atoms with Gasteiger partial charge in [-0.1, -0.05) is 46.3 Å². The summed E-state index contributed by atoms with van der Waals surface area (Å²) in [6, 6.07) is 3.67. The van der Waals surface area contributed by atoms with Crippen molar-refractivity contribution in [3.8, 4) is 6.07 Å². The summed E-state index contributed by atoms with van der Waals surface area (Å²) in [5.74, 6) is 0.00802. The van der Waals surface area contributed by atoms with Gasteiger partial charge in [0.15, 0.2) is 11.6 Å². The number of ketones is 2. The van der Waals surface area contributed by atoms with Gasteiger partial charge in [-0.25, -0.2) is 4.79 Å². The summed E-state index contributed by atoms with van der Waals surface area (Å²) in [5.41, 5.74) is 0.330. The van der Waals surface area contributed by atoms with Crippen molar-refractivity contribution in [2.24, 2.45) is 45.8 Å². The van der Waals surface area contributed by atoms with Gasteiger partial charge in [0.1, 0.15) is 6.07 Å². The predicted molar refractivity (Wildman–Crippen MR) is 146 cm³/mol. The third-order valence-electron chi connectivity index (χ3n) is 11.8. The predicted octanol–water partition coefficient (Wildman–Crippen LogP) is 5.63. The number of carbonyl (C=O) groups excluding carboxylic acids is 3. The third-order valence-corrected chi connectivity index (χ3v) is 11.8. The van der Waals surface area contributed by atoms with Gasteiger partial charge in [0, 0.05) is 35.2 Å². The van der Waals surface area contributed by atoms with Crippen molar-refractivity contribution in [2.45, 2.75) is 85.1 Å². The van der Waals surface area contributed by atoms with Crippen molar-refractivity contribution in [3.05, 3.63) is 41.8 Å². The summed E-state index contributed by atoms with van der Waals surface area (Å²) < 4.78 is 1.35. The van der Waals surface area contributed by atoms with E-state index in [1.54, 1.807) is 18.5 Å². The summed E-state index contributed by atoms with van der Waals surface area (Å²) in [7, 11) is 0. The van der Waals surface area contributed by atoms with Gasteiger partial charge in [-0.05, 0) is 85.7 Å². The van der Waals surface area contributed by atoms with Gasteiger partial charge in [-0.3, -0.25) is 9.59 Å². The van der Waals surface area contributed by atoms with E-state index in [4.69, 9.17) is 0 Å². The van der Waals surface area contributed by atoms with Crippen LogP contribution in [-0.2, 0) is 9.59 Å². The molecule has 39 heavy (non-hydrogen) atoms. The van der Waals surface area contributed by atoms with Crippen LogP contribution in [0.3, 0.4) is 0 Å². The second-order valence-electron chi connectivity index (χ2n) is 14.3. The molecule has 8 unspecified atom stereocenters. The Labute approximate surface area is 231 Å². The van der Waals surface area contributed by atoms with Crippen LogP contribution in [0.25, 0.3) is 0 Å². The molecule has 1 amide bonds. The van der Waals surface area contributed by atoms with E-state index in [2.05, 4.69) is 44.2 Å². The molecule has 1 aromatic rings. The number of nitrogens with one attached hydrogen (secondary N) is 1. The number of aromatic nitrogens is 2. The monoisotopic (exact) mass is 528 g/mol. The molecule has 3 saturated carbocycles. The first-order chi connectivity index (χ1) is 18.4. The summed E-state index contributed by atoms with van der Waals surface area (Å²) in [6.45, 7) is 11.0. The summed E-state index contributed by atoms with van der Waals surface area (Å²) in [6.07, 6.45) is 13.4. The second-order valence-corrected chi connectivity index (χ2v) is 14.3. The van der Waals surface area contributed by atoms with E-state index in [1.165, 1.54) is 4.68 Å². The lowest BCUT2D eigenvalue weighted by Gasteiger charge is -2.64. The summed E-state index contributed by atoms with van der Waals surface area (Å²) in [4.78, 5) is 40.5. The normalized spacial score (nSPS) is 42.5. The highest BCUT2D eigenvalue weighted by atomic mass is 16.2. The second kappa shape index (κ2) is 8.49. The molecule has 7 nitrogen and oxygen atoms in total. The Morgan fingerprint density at radius 3 is 2.51 bits per heavy atom. The Morgan fingerprint density at radius 2 is 1.82 bits per heavy atom. The number of Topliss-reactive ketones (excluding diaryl/α,β-unsaturated/α-hetero) is 1. The van der Waals surface area contributed by atoms with Gasteiger partial charge < -0.3 is 5.32 Å². The number of amides is 1. The zero-order chi connectivity index (χ0) is 28.0. The SMILES string of the molecule is CC1C(=O)C(C#N)=CC2(C)C3=CC(=O)C4C5CC(C)(C)CCC5(NC(=O)n5cccn5)CCC4C3(C)CCC12. The first-order valence-electron chi connectivity index (χ1n) is 14.6. The van der Waals surface area contributed by atoms with Crippen molar-refractivity contribution in [3.63, 3.8) is 0 Å². The molecule has 0 radical (unpaired) electrons. The molecule has 5 aliphatic carbocycles. The van der Waals surface area contributed by atoms with Gasteiger partial charge in [-0.15, -0.1) is 0 Å². The van der Waals surface area contributed by atoms with Crippen molar-refractivity contribution >= 4 is 17.6 Å². The molecule has 0 spiro atoms. The van der Waals surface area contributed by atoms with E-state index >= 15 is 0 Å². The van der Waals surface area contributed by atoms with E-state index in [9.17, 15) is 19.6 Å². The number of carbonyl (C=O) groups is 3. The quantitative estimate of drug-likeness (QED) is 0.508. The molecule has 0 bridgehead atoms. The molecular weight excluding hydrogens is 488 g/mol. The lowest BCUT2D eigenvalue weighted by atomic mass is 9.40. The fourth-order valence-electron chi connectivity index (χ4n) is 9.77. The average Bonchev–Trinajstić information content (AvgIpc) is 3.43. The fourth-order valence-corrected chi connectivity index (χ4v) is 9.77. The number of allylic oxidation sites excluding steroid dienone is 4. The molecular formula is C32H40N4O3. The molecule has 6 rings (SSSR count). The fraction of sp³-hybridized carbons (Fsp3) is 0.656. The zero-order valence-corrected chi connectivity index (χ0v) is 23.8. The molecule has 0 aromatic carbocycles. The molecule has 5 aliphatic rings. The topological polar surface area (TPSA) is 105 Å². The van der Waals surface area contributed by atoms with Gasteiger partial charge in [0.05, 0.1) is 5.57 Å². The maximum Gasteiger partial charge on any atom is 0.342 e. The minimum atomic E-state index is -0.485. The maximum atomic E-state index is 14.3. The molecule has 7 heteroatoms. The molecule has 0 saturated heterocycles. The average molecular weight is 529 g/mol. The first kappa shape index (κ1) is 26.2. The number of hydrogen-bond donors (Lipinski definition) is 1. The van der Waals surface area contributed by atoms with Crippen LogP contribution in [0.5, 0.6) is 0 Å². The van der Waals surface area contributed by atoms with Crippen LogP contribution < -0.4 is 5.32 Å². The van der Waals surface area contributed by atoms with Gasteiger partial charge >= 0.3 is 6.03 Å². The van der Waals surface area contributed by atoms with Crippen molar-refractivity contribution in [1.82, 2.24) is 15.1 Å². The van der Waals surface area contributed by atoms with Crippen LogP contribution in [0.4, 0.5) is 4.79 Å². The highest BCUT2D eigenvalue weighted by Crippen LogP contribution is 2.68. The van der Waals surface area contributed by atoms with E-state index < -0.39 is 11.0 Å². The first-order valence-corrected chi connectivity index (χ1v) is 14.6. The number of rotatable bonds is 1. The highest BCUT2D eigenvalue weighted by molar-refractivity contribution is 6.02. The minimum Gasteiger partial charge on any atom is -0.330 e. The molecule has 1 N–H and O–H groups in total. The Morgan fingerprint density at radius 1 is 1.08 bits per heavy atom. The van der Waals surface area contributed by atoms with Crippen LogP contribution in [0.15, 0.2) is 41.8 Å². The number of nitrogens with zero attached hydrogens (tertiary/aromatic N) is 3. The van der Waals surface area contributed by atoms with Crippen LogP contribution >= 0.6 is 0 Å². The lowest BCUT2D eigenvalue weighted by molar-refractivity contribution is -0.139. The molecule has 0 aliphatic heterocycles. The minimum absolute atomic E-state index is 0.0456. The van der Waals surface area contributed by atoms with Crippen LogP contribution in [-0.4, -0.2) is 32.9 Å². The largest absolute Gasteiger partial charge is 0.342 e. The maximum absolute atomic E-state index is 14.3. The molecule has 1 heterocycles. The summed E-state index contributed by atoms with van der Waals surface area (Å²) in [5, 5.41) is 17.3. The van der Waals surface area contributed by atoms with Crippen LogP contribution in [0.1, 0.15) is 79.6 Å². The Kier molecular flexibility index (Phi) is 5.71.